The highest BCUT2D eigenvalue weighted by Gasteiger charge is 2.19. The van der Waals surface area contributed by atoms with Crippen molar-refractivity contribution in [3.63, 3.8) is 0 Å². The van der Waals surface area contributed by atoms with Gasteiger partial charge >= 0.3 is 0 Å². The maximum atomic E-state index is 14.2. The molecule has 35 heavy (non-hydrogen) atoms. The molecule has 0 bridgehead atoms. The van der Waals surface area contributed by atoms with Crippen LogP contribution in [0.5, 0.6) is 5.75 Å². The molecular formula is C26H28FN5O3. The zero-order chi connectivity index (χ0) is 25.1. The third-order valence-electron chi connectivity index (χ3n) is 5.92. The fraction of sp³-hybridized carbons (Fsp3) is 0.269. The normalized spacial score (nSPS) is 12.1. The number of aliphatic hydroxyl groups excluding tert-OH is 1. The van der Waals surface area contributed by atoms with E-state index in [-0.39, 0.29) is 11.5 Å². The number of H-pyrrole nitrogens is 1. The number of carbonyl (C=O) groups is 1. The fourth-order valence-electron chi connectivity index (χ4n) is 4.03. The third-order valence-corrected chi connectivity index (χ3v) is 5.92. The van der Waals surface area contributed by atoms with E-state index >= 15 is 0 Å². The molecular weight excluding hydrogens is 449 g/mol. The van der Waals surface area contributed by atoms with Crippen LogP contribution in [0.3, 0.4) is 0 Å². The summed E-state index contributed by atoms with van der Waals surface area (Å²) < 4.78 is 20.0. The van der Waals surface area contributed by atoms with Gasteiger partial charge in [0.15, 0.2) is 0 Å². The van der Waals surface area contributed by atoms with Crippen LogP contribution in [0.4, 0.5) is 4.39 Å². The predicted molar refractivity (Wildman–Crippen MR) is 131 cm³/mol. The highest BCUT2D eigenvalue weighted by molar-refractivity contribution is 5.96. The average Bonchev–Trinajstić information content (AvgIpc) is 3.37. The summed E-state index contributed by atoms with van der Waals surface area (Å²) in [7, 11) is 3.27. The first-order valence-corrected chi connectivity index (χ1v) is 11.3. The lowest BCUT2D eigenvalue weighted by molar-refractivity contribution is 0.0785. The molecule has 0 fully saturated rings. The maximum absolute atomic E-state index is 14.2. The van der Waals surface area contributed by atoms with Crippen LogP contribution in [0.2, 0.25) is 0 Å². The number of halogens is 1. The van der Waals surface area contributed by atoms with E-state index in [1.165, 1.54) is 6.07 Å². The van der Waals surface area contributed by atoms with E-state index in [0.717, 1.165) is 22.2 Å². The summed E-state index contributed by atoms with van der Waals surface area (Å²) in [4.78, 5) is 19.3. The monoisotopic (exact) mass is 477 g/mol. The van der Waals surface area contributed by atoms with Crippen molar-refractivity contribution >= 4 is 16.8 Å². The van der Waals surface area contributed by atoms with Gasteiger partial charge in [-0.3, -0.25) is 20.2 Å². The Bertz CT molecular complexity index is 1370. The average molecular weight is 478 g/mol. The SMILES string of the molecule is CCOc1cc(C(=O)N(C)Cc2cnc(C)c3cn[nH]c23)ccc1-c1ccc(F)c(C(O)NC)c1. The first kappa shape index (κ1) is 24.3. The van der Waals surface area contributed by atoms with Crippen LogP contribution >= 0.6 is 0 Å². The zero-order valence-electron chi connectivity index (χ0n) is 20.1. The number of amides is 1. The molecule has 2 heterocycles. The molecule has 0 radical (unpaired) electrons. The minimum Gasteiger partial charge on any atom is -0.493 e. The Kier molecular flexibility index (Phi) is 7.09. The van der Waals surface area contributed by atoms with E-state index in [4.69, 9.17) is 4.74 Å². The van der Waals surface area contributed by atoms with Crippen molar-refractivity contribution in [2.45, 2.75) is 26.6 Å². The summed E-state index contributed by atoms with van der Waals surface area (Å²) in [5.41, 5.74) is 4.54. The van der Waals surface area contributed by atoms with Crippen LogP contribution in [0.25, 0.3) is 22.0 Å². The van der Waals surface area contributed by atoms with Gasteiger partial charge in [0.2, 0.25) is 0 Å². The predicted octanol–water partition coefficient (Wildman–Crippen LogP) is 3.95. The minimum absolute atomic E-state index is 0.129. The van der Waals surface area contributed by atoms with E-state index in [1.54, 1.807) is 61.7 Å². The van der Waals surface area contributed by atoms with E-state index in [2.05, 4.69) is 20.5 Å². The van der Waals surface area contributed by atoms with Crippen LogP contribution < -0.4 is 10.1 Å². The van der Waals surface area contributed by atoms with Gasteiger partial charge in [0.25, 0.3) is 5.91 Å². The highest BCUT2D eigenvalue weighted by Crippen LogP contribution is 2.33. The smallest absolute Gasteiger partial charge is 0.254 e. The van der Waals surface area contributed by atoms with Gasteiger partial charge < -0.3 is 14.7 Å². The molecule has 0 saturated carbocycles. The maximum Gasteiger partial charge on any atom is 0.254 e. The molecule has 2 aromatic heterocycles. The van der Waals surface area contributed by atoms with Crippen molar-refractivity contribution in [3.8, 4) is 16.9 Å². The Morgan fingerprint density at radius 1 is 1.26 bits per heavy atom. The van der Waals surface area contributed by atoms with E-state index in [1.807, 2.05) is 13.8 Å². The lowest BCUT2D eigenvalue weighted by Gasteiger charge is -2.19. The standard InChI is InChI=1S/C26H28FN5O3/c1-5-35-23-11-17(6-8-19(23)16-7-9-22(27)20(10-16)25(33)28-3)26(34)32(4)14-18-12-29-15(2)21-13-30-31-24(18)21/h6-13,25,28,33H,5,14H2,1-4H3,(H,30,31). The van der Waals surface area contributed by atoms with Crippen molar-refractivity contribution in [2.24, 2.45) is 0 Å². The second-order valence-corrected chi connectivity index (χ2v) is 8.26. The third kappa shape index (κ3) is 4.87. The van der Waals surface area contributed by atoms with Gasteiger partial charge in [0.05, 0.1) is 18.3 Å². The molecule has 4 aromatic rings. The number of benzene rings is 2. The number of carbonyl (C=O) groups excluding carboxylic acids is 1. The molecule has 9 heteroatoms. The number of nitrogens with one attached hydrogen (secondary N) is 2. The van der Waals surface area contributed by atoms with Gasteiger partial charge in [-0.1, -0.05) is 6.07 Å². The molecule has 0 aliphatic heterocycles. The van der Waals surface area contributed by atoms with Crippen LogP contribution in [0.15, 0.2) is 48.8 Å². The number of hydrogen-bond donors (Lipinski definition) is 3. The van der Waals surface area contributed by atoms with E-state index in [9.17, 15) is 14.3 Å². The molecule has 2 aromatic carbocycles. The lowest BCUT2D eigenvalue weighted by atomic mass is 9.99. The molecule has 0 aliphatic carbocycles. The van der Waals surface area contributed by atoms with Crippen LogP contribution in [0.1, 0.15) is 40.3 Å². The van der Waals surface area contributed by atoms with Crippen molar-refractivity contribution in [1.82, 2.24) is 25.4 Å². The van der Waals surface area contributed by atoms with Crippen molar-refractivity contribution in [2.75, 3.05) is 20.7 Å². The summed E-state index contributed by atoms with van der Waals surface area (Å²) in [5.74, 6) is -0.202. The first-order chi connectivity index (χ1) is 16.8. The lowest BCUT2D eigenvalue weighted by Crippen LogP contribution is -2.26. The van der Waals surface area contributed by atoms with Gasteiger partial charge in [0.1, 0.15) is 17.8 Å². The van der Waals surface area contributed by atoms with Gasteiger partial charge in [-0.25, -0.2) is 4.39 Å². The summed E-state index contributed by atoms with van der Waals surface area (Å²) in [6.07, 6.45) is 2.34. The molecule has 182 valence electrons. The zero-order valence-corrected chi connectivity index (χ0v) is 20.1. The molecule has 0 saturated heterocycles. The number of aryl methyl sites for hydroxylation is 1. The van der Waals surface area contributed by atoms with Gasteiger partial charge in [-0.2, -0.15) is 5.10 Å². The Morgan fingerprint density at radius 3 is 2.80 bits per heavy atom. The molecule has 4 rings (SSSR count). The second-order valence-electron chi connectivity index (χ2n) is 8.26. The Labute approximate surface area is 202 Å². The molecule has 1 atom stereocenters. The fourth-order valence-corrected chi connectivity index (χ4v) is 4.03. The number of pyridine rings is 1. The number of nitrogens with zero attached hydrogens (tertiary/aromatic N) is 3. The molecule has 0 spiro atoms. The van der Waals surface area contributed by atoms with E-state index < -0.39 is 12.0 Å². The van der Waals surface area contributed by atoms with Crippen LogP contribution in [-0.4, -0.2) is 51.8 Å². The number of aromatic nitrogens is 3. The van der Waals surface area contributed by atoms with Crippen molar-refractivity contribution in [1.29, 1.82) is 0 Å². The molecule has 0 aliphatic rings. The number of aromatic amines is 1. The van der Waals surface area contributed by atoms with Crippen LogP contribution in [0, 0.1) is 12.7 Å². The Balaban J connectivity index is 1.63. The van der Waals surface area contributed by atoms with Crippen LogP contribution in [-0.2, 0) is 6.54 Å². The number of rotatable bonds is 8. The molecule has 1 amide bonds. The second kappa shape index (κ2) is 10.2. The highest BCUT2D eigenvalue weighted by atomic mass is 19.1. The van der Waals surface area contributed by atoms with Crippen molar-refractivity contribution in [3.05, 3.63) is 77.0 Å². The Hall–Kier alpha value is -3.82. The van der Waals surface area contributed by atoms with Gasteiger partial charge in [-0.15, -0.1) is 0 Å². The van der Waals surface area contributed by atoms with Gasteiger partial charge in [-0.05, 0) is 56.8 Å². The Morgan fingerprint density at radius 2 is 2.06 bits per heavy atom. The van der Waals surface area contributed by atoms with E-state index in [0.29, 0.717) is 35.6 Å². The summed E-state index contributed by atoms with van der Waals surface area (Å²) in [5, 5.41) is 20.7. The summed E-state index contributed by atoms with van der Waals surface area (Å²) in [6, 6.07) is 9.67. The number of aliphatic hydroxyl groups is 1. The van der Waals surface area contributed by atoms with Gasteiger partial charge in [0, 0.05) is 53.1 Å². The number of fused-ring (bicyclic) bond motifs is 1. The summed E-state index contributed by atoms with van der Waals surface area (Å²) in [6.45, 7) is 4.50. The minimum atomic E-state index is -1.14. The topological polar surface area (TPSA) is 103 Å². The number of ether oxygens (including phenoxy) is 1. The van der Waals surface area contributed by atoms with Crippen molar-refractivity contribution < 1.29 is 19.0 Å². The molecule has 1 unspecified atom stereocenters. The quantitative estimate of drug-likeness (QED) is 0.332. The molecule has 3 N–H and O–H groups in total. The molecule has 8 nitrogen and oxygen atoms in total. The first-order valence-electron chi connectivity index (χ1n) is 11.3. The largest absolute Gasteiger partial charge is 0.493 e. The summed E-state index contributed by atoms with van der Waals surface area (Å²) >= 11 is 0. The number of hydrogen-bond acceptors (Lipinski definition) is 6.